The molecule has 2 fully saturated rings. The summed E-state index contributed by atoms with van der Waals surface area (Å²) in [6.07, 6.45) is 0.954. The lowest BCUT2D eigenvalue weighted by molar-refractivity contribution is 0.0492. The minimum absolute atomic E-state index is 0.263. The summed E-state index contributed by atoms with van der Waals surface area (Å²) in [7, 11) is 0. The summed E-state index contributed by atoms with van der Waals surface area (Å²) in [5.41, 5.74) is -0.408. The van der Waals surface area contributed by atoms with Crippen LogP contribution in [0, 0.1) is 11.8 Å². The maximum atomic E-state index is 11.5. The van der Waals surface area contributed by atoms with E-state index in [0.717, 1.165) is 19.0 Å². The van der Waals surface area contributed by atoms with E-state index in [9.17, 15) is 4.79 Å². The SMILES string of the molecule is CC(C)(C)OC(=O)NC1CNC[C@@H]2C[C@H]12. The van der Waals surface area contributed by atoms with Gasteiger partial charge in [-0.05, 0) is 45.6 Å². The topological polar surface area (TPSA) is 50.4 Å². The lowest BCUT2D eigenvalue weighted by Crippen LogP contribution is -2.48. The second-order valence-corrected chi connectivity index (χ2v) is 5.57. The highest BCUT2D eigenvalue weighted by Crippen LogP contribution is 2.42. The van der Waals surface area contributed by atoms with Gasteiger partial charge in [-0.15, -0.1) is 0 Å². The molecule has 2 N–H and O–H groups in total. The van der Waals surface area contributed by atoms with Crippen LogP contribution in [0.15, 0.2) is 0 Å². The van der Waals surface area contributed by atoms with Crippen molar-refractivity contribution in [1.82, 2.24) is 10.6 Å². The van der Waals surface area contributed by atoms with Gasteiger partial charge in [0.1, 0.15) is 5.60 Å². The number of hydrogen-bond donors (Lipinski definition) is 2. The van der Waals surface area contributed by atoms with Crippen LogP contribution in [-0.4, -0.2) is 30.8 Å². The van der Waals surface area contributed by atoms with Crippen molar-refractivity contribution in [2.75, 3.05) is 13.1 Å². The molecule has 4 nitrogen and oxygen atoms in total. The molecule has 1 saturated heterocycles. The van der Waals surface area contributed by atoms with E-state index in [1.54, 1.807) is 0 Å². The average molecular weight is 212 g/mol. The van der Waals surface area contributed by atoms with Crippen molar-refractivity contribution in [3.05, 3.63) is 0 Å². The first-order valence-corrected chi connectivity index (χ1v) is 5.66. The van der Waals surface area contributed by atoms with Gasteiger partial charge in [-0.3, -0.25) is 0 Å². The molecule has 1 aliphatic carbocycles. The molecule has 0 radical (unpaired) electrons. The average Bonchev–Trinajstić information content (AvgIpc) is 2.79. The summed E-state index contributed by atoms with van der Waals surface area (Å²) in [6.45, 7) is 7.63. The quantitative estimate of drug-likeness (QED) is 0.685. The number of fused-ring (bicyclic) bond motifs is 1. The van der Waals surface area contributed by atoms with E-state index in [-0.39, 0.29) is 12.1 Å². The van der Waals surface area contributed by atoms with E-state index in [1.807, 2.05) is 20.8 Å². The van der Waals surface area contributed by atoms with Crippen LogP contribution in [-0.2, 0) is 4.74 Å². The molecule has 2 aliphatic rings. The van der Waals surface area contributed by atoms with Crippen molar-refractivity contribution in [2.45, 2.75) is 38.8 Å². The second-order valence-electron chi connectivity index (χ2n) is 5.57. The summed E-state index contributed by atoms with van der Waals surface area (Å²) in [6, 6.07) is 0.263. The molecule has 1 aliphatic heterocycles. The van der Waals surface area contributed by atoms with Crippen LogP contribution in [0.3, 0.4) is 0 Å². The fourth-order valence-electron chi connectivity index (χ4n) is 2.19. The number of amides is 1. The third kappa shape index (κ3) is 2.84. The predicted octanol–water partition coefficient (Wildman–Crippen LogP) is 1.12. The molecule has 0 aromatic rings. The lowest BCUT2D eigenvalue weighted by Gasteiger charge is -2.26. The standard InChI is InChI=1S/C11H20N2O2/c1-11(2,3)15-10(14)13-9-6-12-5-7-4-8(7)9/h7-9,12H,4-6H2,1-3H3,(H,13,14)/t7-,8-,9?/m0/s1. The molecule has 0 aromatic heterocycles. The van der Waals surface area contributed by atoms with Gasteiger partial charge >= 0.3 is 6.09 Å². The Bertz CT molecular complexity index is 260. The largest absolute Gasteiger partial charge is 0.444 e. The van der Waals surface area contributed by atoms with Crippen molar-refractivity contribution in [3.8, 4) is 0 Å². The maximum absolute atomic E-state index is 11.5. The first-order valence-electron chi connectivity index (χ1n) is 5.66. The van der Waals surface area contributed by atoms with Crippen molar-refractivity contribution >= 4 is 6.09 Å². The Hall–Kier alpha value is -0.770. The van der Waals surface area contributed by atoms with Crippen LogP contribution in [0.4, 0.5) is 4.79 Å². The Labute approximate surface area is 90.8 Å². The molecular formula is C11H20N2O2. The minimum atomic E-state index is -0.408. The number of carbonyl (C=O) groups excluding carboxylic acids is 1. The summed E-state index contributed by atoms with van der Waals surface area (Å²) in [4.78, 5) is 11.5. The molecule has 0 bridgehead atoms. The summed E-state index contributed by atoms with van der Waals surface area (Å²) in [5, 5.41) is 6.27. The number of hydrogen-bond acceptors (Lipinski definition) is 3. The normalized spacial score (nSPS) is 34.2. The summed E-state index contributed by atoms with van der Waals surface area (Å²) < 4.78 is 5.23. The van der Waals surface area contributed by atoms with Crippen molar-refractivity contribution in [2.24, 2.45) is 11.8 Å². The number of carbonyl (C=O) groups is 1. The summed E-state index contributed by atoms with van der Waals surface area (Å²) >= 11 is 0. The smallest absolute Gasteiger partial charge is 0.407 e. The third-order valence-electron chi connectivity index (χ3n) is 2.97. The highest BCUT2D eigenvalue weighted by atomic mass is 16.6. The van der Waals surface area contributed by atoms with Gasteiger partial charge in [0.2, 0.25) is 0 Å². The van der Waals surface area contributed by atoms with Crippen molar-refractivity contribution < 1.29 is 9.53 Å². The zero-order valence-electron chi connectivity index (χ0n) is 9.67. The minimum Gasteiger partial charge on any atom is -0.444 e. The number of nitrogens with one attached hydrogen (secondary N) is 2. The molecule has 4 heteroatoms. The van der Waals surface area contributed by atoms with E-state index >= 15 is 0 Å². The number of rotatable bonds is 1. The Morgan fingerprint density at radius 1 is 1.40 bits per heavy atom. The molecule has 1 heterocycles. The van der Waals surface area contributed by atoms with E-state index in [0.29, 0.717) is 5.92 Å². The zero-order chi connectivity index (χ0) is 11.1. The van der Waals surface area contributed by atoms with Crippen molar-refractivity contribution in [3.63, 3.8) is 0 Å². The zero-order valence-corrected chi connectivity index (χ0v) is 9.67. The molecule has 3 atom stereocenters. The first kappa shape index (κ1) is 10.7. The van der Waals surface area contributed by atoms with Crippen LogP contribution in [0.25, 0.3) is 0 Å². The molecule has 1 saturated carbocycles. The number of ether oxygens (including phenoxy) is 1. The lowest BCUT2D eigenvalue weighted by atomic mass is 10.1. The summed E-state index contributed by atoms with van der Waals surface area (Å²) in [5.74, 6) is 1.46. The van der Waals surface area contributed by atoms with Gasteiger partial charge in [0.15, 0.2) is 0 Å². The van der Waals surface area contributed by atoms with Gasteiger partial charge < -0.3 is 15.4 Å². The molecule has 86 valence electrons. The van der Waals surface area contributed by atoms with E-state index in [4.69, 9.17) is 4.74 Å². The van der Waals surface area contributed by atoms with Crippen LogP contribution < -0.4 is 10.6 Å². The number of piperidine rings is 1. The van der Waals surface area contributed by atoms with Crippen LogP contribution >= 0.6 is 0 Å². The van der Waals surface area contributed by atoms with E-state index in [1.165, 1.54) is 6.42 Å². The fraction of sp³-hybridized carbons (Fsp3) is 0.909. The van der Waals surface area contributed by atoms with Gasteiger partial charge in [-0.25, -0.2) is 4.79 Å². The highest BCUT2D eigenvalue weighted by molar-refractivity contribution is 5.68. The fourth-order valence-corrected chi connectivity index (χ4v) is 2.19. The third-order valence-corrected chi connectivity index (χ3v) is 2.97. The highest BCUT2D eigenvalue weighted by Gasteiger charge is 2.46. The van der Waals surface area contributed by atoms with E-state index in [2.05, 4.69) is 10.6 Å². The van der Waals surface area contributed by atoms with Gasteiger partial charge in [-0.2, -0.15) is 0 Å². The first-order chi connectivity index (χ1) is 6.96. The molecule has 2 rings (SSSR count). The molecule has 1 unspecified atom stereocenters. The predicted molar refractivity (Wildman–Crippen MR) is 57.6 cm³/mol. The Morgan fingerprint density at radius 3 is 2.80 bits per heavy atom. The van der Waals surface area contributed by atoms with Gasteiger partial charge in [-0.1, -0.05) is 0 Å². The Morgan fingerprint density at radius 2 is 2.13 bits per heavy atom. The van der Waals surface area contributed by atoms with Crippen LogP contribution in [0.5, 0.6) is 0 Å². The molecule has 0 spiro atoms. The second kappa shape index (κ2) is 3.67. The van der Waals surface area contributed by atoms with Gasteiger partial charge in [0, 0.05) is 12.6 Å². The molecular weight excluding hydrogens is 192 g/mol. The van der Waals surface area contributed by atoms with Gasteiger partial charge in [0.25, 0.3) is 0 Å². The molecule has 15 heavy (non-hydrogen) atoms. The Kier molecular flexibility index (Phi) is 2.63. The maximum Gasteiger partial charge on any atom is 0.407 e. The van der Waals surface area contributed by atoms with Gasteiger partial charge in [0.05, 0.1) is 0 Å². The number of alkyl carbamates (subject to hydrolysis) is 1. The Balaban J connectivity index is 1.79. The van der Waals surface area contributed by atoms with E-state index < -0.39 is 5.60 Å². The molecule has 0 aromatic carbocycles. The van der Waals surface area contributed by atoms with Crippen LogP contribution in [0.1, 0.15) is 27.2 Å². The monoisotopic (exact) mass is 212 g/mol. The van der Waals surface area contributed by atoms with Crippen molar-refractivity contribution in [1.29, 1.82) is 0 Å². The van der Waals surface area contributed by atoms with Crippen LogP contribution in [0.2, 0.25) is 0 Å². The molecule has 1 amide bonds.